The maximum absolute atomic E-state index is 10.4. The molecule has 2 rings (SSSR count). The molecule has 0 amide bonds. The Morgan fingerprint density at radius 2 is 1.42 bits per heavy atom. The van der Waals surface area contributed by atoms with Crippen LogP contribution in [0.2, 0.25) is 0 Å². The number of rotatable bonds is 6. The van der Waals surface area contributed by atoms with Crippen LogP contribution in [0, 0.1) is 0 Å². The monoisotopic (exact) mass is 400 g/mol. The summed E-state index contributed by atoms with van der Waals surface area (Å²) in [5.74, 6) is 0. The van der Waals surface area contributed by atoms with Crippen LogP contribution in [-0.4, -0.2) is 115 Å². The maximum atomic E-state index is 10.4. The van der Waals surface area contributed by atoms with E-state index in [0.717, 1.165) is 11.8 Å². The van der Waals surface area contributed by atoms with E-state index in [-0.39, 0.29) is 6.10 Å². The van der Waals surface area contributed by atoms with Gasteiger partial charge in [0.2, 0.25) is 0 Å². The Kier molecular flexibility index (Phi) is 8.07. The number of aliphatic hydroxyl groups excluding tert-OH is 7. The molecular weight excluding hydrogens is 372 g/mol. The Labute approximate surface area is 155 Å². The van der Waals surface area contributed by atoms with Gasteiger partial charge in [0.1, 0.15) is 36.0 Å². The van der Waals surface area contributed by atoms with Gasteiger partial charge < -0.3 is 50.0 Å². The first kappa shape index (κ1) is 22.2. The van der Waals surface area contributed by atoms with Crippen LogP contribution in [0.3, 0.4) is 0 Å². The molecule has 2 fully saturated rings. The predicted molar refractivity (Wildman–Crippen MR) is 89.1 cm³/mol. The summed E-state index contributed by atoms with van der Waals surface area (Å²) >= 11 is 0.835. The van der Waals surface area contributed by atoms with Gasteiger partial charge in [-0.25, -0.2) is 0 Å². The molecule has 2 heterocycles. The maximum Gasteiger partial charge on any atom is 0.186 e. The van der Waals surface area contributed by atoms with Gasteiger partial charge in [-0.1, -0.05) is 0 Å². The van der Waals surface area contributed by atoms with E-state index in [4.69, 9.17) is 14.2 Å². The lowest BCUT2D eigenvalue weighted by molar-refractivity contribution is -0.278. The zero-order chi connectivity index (χ0) is 19.6. The van der Waals surface area contributed by atoms with Gasteiger partial charge >= 0.3 is 0 Å². The highest BCUT2D eigenvalue weighted by molar-refractivity contribution is 8.00. The fraction of sp³-hybridized carbons (Fsp3) is 1.00. The van der Waals surface area contributed by atoms with Crippen LogP contribution in [0.1, 0.15) is 13.8 Å². The molecule has 0 aromatic heterocycles. The normalized spacial score (nSPS) is 47.3. The Hall–Kier alpha value is -0.0500. The summed E-state index contributed by atoms with van der Waals surface area (Å²) in [4.78, 5) is 0. The van der Waals surface area contributed by atoms with Gasteiger partial charge in [0.15, 0.2) is 6.29 Å². The first-order valence-electron chi connectivity index (χ1n) is 8.45. The lowest BCUT2D eigenvalue weighted by Gasteiger charge is -2.45. The standard InChI is InChI=1S/C15H28O10S/c1-5(2)23-14-11(21)10(20)13(7(4-17)24-14)26-15-12(22)9(19)8(18)6(3-16)25-15/h5-22H,3-4H2,1-2H3/t6-,7-,8-,9+,10-,11-,12-,13-,14+,15+/m1/s1. The second-order valence-electron chi connectivity index (χ2n) is 6.69. The molecule has 26 heavy (non-hydrogen) atoms. The fourth-order valence-electron chi connectivity index (χ4n) is 2.94. The smallest absolute Gasteiger partial charge is 0.186 e. The first-order valence-corrected chi connectivity index (χ1v) is 9.39. The van der Waals surface area contributed by atoms with E-state index in [1.165, 1.54) is 0 Å². The highest BCUT2D eigenvalue weighted by atomic mass is 32.2. The van der Waals surface area contributed by atoms with Crippen molar-refractivity contribution in [3.8, 4) is 0 Å². The van der Waals surface area contributed by atoms with Crippen LogP contribution in [0.25, 0.3) is 0 Å². The summed E-state index contributed by atoms with van der Waals surface area (Å²) in [5.41, 5.74) is -1.13. The van der Waals surface area contributed by atoms with Crippen LogP contribution in [0.4, 0.5) is 0 Å². The summed E-state index contributed by atoms with van der Waals surface area (Å²) in [7, 11) is 0. The lowest BCUT2D eigenvalue weighted by Crippen LogP contribution is -2.61. The van der Waals surface area contributed by atoms with Crippen LogP contribution in [0.15, 0.2) is 0 Å². The third kappa shape index (κ3) is 4.67. The minimum atomic E-state index is -1.56. The van der Waals surface area contributed by atoms with E-state index < -0.39 is 72.9 Å². The highest BCUT2D eigenvalue weighted by Gasteiger charge is 2.50. The SMILES string of the molecule is CC(C)O[C@H]1O[C@H](CO)[C@@H](S[C@@H]2O[C@H](CO)[C@@H](O)[C@H](O)[C@H]2O)[C@H](O)[C@H]1O. The summed E-state index contributed by atoms with van der Waals surface area (Å²) in [6.07, 6.45) is -10.8. The molecule has 0 aliphatic carbocycles. The molecule has 0 saturated carbocycles. The molecule has 10 nitrogen and oxygen atoms in total. The summed E-state index contributed by atoms with van der Waals surface area (Å²) in [6.45, 7) is 2.38. The predicted octanol–water partition coefficient (Wildman–Crippen LogP) is -3.25. The van der Waals surface area contributed by atoms with Gasteiger partial charge in [-0.05, 0) is 13.8 Å². The van der Waals surface area contributed by atoms with E-state index in [0.29, 0.717) is 0 Å². The Balaban J connectivity index is 2.11. The van der Waals surface area contributed by atoms with Crippen LogP contribution in [0.5, 0.6) is 0 Å². The quantitative estimate of drug-likeness (QED) is 0.239. The average molecular weight is 400 g/mol. The van der Waals surface area contributed by atoms with Crippen molar-refractivity contribution < 1.29 is 50.0 Å². The first-order chi connectivity index (χ1) is 12.2. The second-order valence-corrected chi connectivity index (χ2v) is 7.97. The van der Waals surface area contributed by atoms with Crippen LogP contribution < -0.4 is 0 Å². The largest absolute Gasteiger partial charge is 0.394 e. The topological polar surface area (TPSA) is 169 Å². The second kappa shape index (κ2) is 9.43. The van der Waals surface area contributed by atoms with Crippen molar-refractivity contribution in [3.05, 3.63) is 0 Å². The van der Waals surface area contributed by atoms with Crippen molar-refractivity contribution in [2.45, 2.75) is 79.7 Å². The highest BCUT2D eigenvalue weighted by Crippen LogP contribution is 2.37. The number of thioether (sulfide) groups is 1. The minimum Gasteiger partial charge on any atom is -0.394 e. The molecular formula is C15H28O10S. The van der Waals surface area contributed by atoms with Crippen LogP contribution >= 0.6 is 11.8 Å². The van der Waals surface area contributed by atoms with Crippen molar-refractivity contribution in [3.63, 3.8) is 0 Å². The molecule has 0 unspecified atom stereocenters. The van der Waals surface area contributed by atoms with E-state index in [1.807, 2.05) is 0 Å². The van der Waals surface area contributed by atoms with Gasteiger partial charge in [0.25, 0.3) is 0 Å². The number of hydrogen-bond acceptors (Lipinski definition) is 11. The zero-order valence-electron chi connectivity index (χ0n) is 14.5. The van der Waals surface area contributed by atoms with Crippen molar-refractivity contribution in [2.24, 2.45) is 0 Å². The van der Waals surface area contributed by atoms with E-state index in [1.54, 1.807) is 13.8 Å². The van der Waals surface area contributed by atoms with Crippen molar-refractivity contribution in [2.75, 3.05) is 13.2 Å². The van der Waals surface area contributed by atoms with Crippen molar-refractivity contribution in [1.82, 2.24) is 0 Å². The third-order valence-electron chi connectivity index (χ3n) is 4.37. The van der Waals surface area contributed by atoms with Gasteiger partial charge in [-0.15, -0.1) is 11.8 Å². The molecule has 2 aliphatic heterocycles. The van der Waals surface area contributed by atoms with Gasteiger partial charge in [0, 0.05) is 0 Å². The van der Waals surface area contributed by atoms with E-state index in [9.17, 15) is 35.7 Å². The van der Waals surface area contributed by atoms with Gasteiger partial charge in [0.05, 0.1) is 36.8 Å². The molecule has 7 N–H and O–H groups in total. The number of aliphatic hydroxyl groups is 7. The van der Waals surface area contributed by atoms with E-state index >= 15 is 0 Å². The van der Waals surface area contributed by atoms with Crippen molar-refractivity contribution in [1.29, 1.82) is 0 Å². The van der Waals surface area contributed by atoms with Gasteiger partial charge in [-0.3, -0.25) is 0 Å². The lowest BCUT2D eigenvalue weighted by atomic mass is 10.0. The number of ether oxygens (including phenoxy) is 3. The molecule has 0 aromatic rings. The summed E-state index contributed by atoms with van der Waals surface area (Å²) < 4.78 is 16.3. The molecule has 10 atom stereocenters. The average Bonchev–Trinajstić information content (AvgIpc) is 2.60. The molecule has 0 bridgehead atoms. The zero-order valence-corrected chi connectivity index (χ0v) is 15.3. The van der Waals surface area contributed by atoms with Crippen LogP contribution in [-0.2, 0) is 14.2 Å². The molecule has 2 saturated heterocycles. The van der Waals surface area contributed by atoms with Gasteiger partial charge in [-0.2, -0.15) is 0 Å². The Bertz CT molecular complexity index is 437. The molecule has 154 valence electrons. The third-order valence-corrected chi connectivity index (χ3v) is 5.92. The fourth-order valence-corrected chi connectivity index (χ4v) is 4.42. The molecule has 0 spiro atoms. The van der Waals surface area contributed by atoms with Crippen molar-refractivity contribution >= 4 is 11.8 Å². The molecule has 11 heteroatoms. The molecule has 2 aliphatic rings. The van der Waals surface area contributed by atoms with E-state index in [2.05, 4.69) is 0 Å². The molecule has 0 aromatic carbocycles. The summed E-state index contributed by atoms with van der Waals surface area (Å²) in [5, 5.41) is 68.4. The Morgan fingerprint density at radius 1 is 0.808 bits per heavy atom. The summed E-state index contributed by atoms with van der Waals surface area (Å²) in [6, 6.07) is 0. The Morgan fingerprint density at radius 3 is 1.96 bits per heavy atom. The molecule has 0 radical (unpaired) electrons. The number of hydrogen-bond donors (Lipinski definition) is 7. The minimum absolute atomic E-state index is 0.282.